The molecule has 1 amide bonds. The number of rotatable bonds is 7. The van der Waals surface area contributed by atoms with Crippen LogP contribution in [0, 0.1) is 11.3 Å². The van der Waals surface area contributed by atoms with Gasteiger partial charge >= 0.3 is 0 Å². The molecule has 0 saturated heterocycles. The summed E-state index contributed by atoms with van der Waals surface area (Å²) < 4.78 is 11.9. The lowest BCUT2D eigenvalue weighted by Crippen LogP contribution is -2.40. The molecule has 0 bridgehead atoms. The zero-order chi connectivity index (χ0) is 16.7. The monoisotopic (exact) mass is 376 g/mol. The van der Waals surface area contributed by atoms with Crippen molar-refractivity contribution >= 4 is 21.8 Å². The highest BCUT2D eigenvalue weighted by molar-refractivity contribution is 9.10. The summed E-state index contributed by atoms with van der Waals surface area (Å²) in [5, 5.41) is 8.78. The van der Waals surface area contributed by atoms with Crippen LogP contribution in [0.4, 0.5) is 0 Å². The molecule has 1 aromatic carbocycles. The highest BCUT2D eigenvalue weighted by Gasteiger charge is 2.22. The van der Waals surface area contributed by atoms with Crippen molar-refractivity contribution in [2.45, 2.75) is 26.0 Å². The molecule has 0 radical (unpaired) electrons. The maximum atomic E-state index is 12.6. The van der Waals surface area contributed by atoms with Crippen LogP contribution in [-0.2, 0) is 11.3 Å². The van der Waals surface area contributed by atoms with Crippen molar-refractivity contribution in [3.8, 4) is 11.8 Å². The molecule has 1 unspecified atom stereocenters. The van der Waals surface area contributed by atoms with Gasteiger partial charge in [0, 0.05) is 11.0 Å². The predicted octanol–water partition coefficient (Wildman–Crippen LogP) is 3.75. The summed E-state index contributed by atoms with van der Waals surface area (Å²) in [4.78, 5) is 14.2. The van der Waals surface area contributed by atoms with Gasteiger partial charge in [0.1, 0.15) is 11.5 Å². The fraction of sp³-hybridized carbons (Fsp3) is 0.294. The van der Waals surface area contributed by atoms with Gasteiger partial charge in [-0.1, -0.05) is 15.9 Å². The van der Waals surface area contributed by atoms with E-state index in [1.165, 1.54) is 0 Å². The van der Waals surface area contributed by atoms with Gasteiger partial charge < -0.3 is 14.1 Å². The molecule has 0 fully saturated rings. The third-order valence-electron chi connectivity index (χ3n) is 3.21. The standard InChI is InChI=1S/C17H17BrN2O3/c1-13(23-15-7-5-14(18)6-8-15)17(21)20(10-3-9-19)12-16-4-2-11-22-16/h2,4-8,11,13H,3,10,12H2,1H3. The molecule has 2 rings (SSSR count). The average molecular weight is 377 g/mol. The van der Waals surface area contributed by atoms with E-state index >= 15 is 0 Å². The number of hydrogen-bond donors (Lipinski definition) is 0. The fourth-order valence-corrected chi connectivity index (χ4v) is 2.33. The quantitative estimate of drug-likeness (QED) is 0.737. The van der Waals surface area contributed by atoms with Crippen LogP contribution in [-0.4, -0.2) is 23.5 Å². The minimum Gasteiger partial charge on any atom is -0.481 e. The second kappa shape index (κ2) is 8.39. The Morgan fingerprint density at radius 3 is 2.74 bits per heavy atom. The van der Waals surface area contributed by atoms with Crippen molar-refractivity contribution in [1.29, 1.82) is 5.26 Å². The third kappa shape index (κ3) is 5.15. The Morgan fingerprint density at radius 2 is 2.13 bits per heavy atom. The zero-order valence-corrected chi connectivity index (χ0v) is 14.3. The lowest BCUT2D eigenvalue weighted by Gasteiger charge is -2.24. The van der Waals surface area contributed by atoms with Crippen LogP contribution in [0.25, 0.3) is 0 Å². The predicted molar refractivity (Wildman–Crippen MR) is 88.6 cm³/mol. The van der Waals surface area contributed by atoms with Crippen LogP contribution in [0.15, 0.2) is 51.6 Å². The smallest absolute Gasteiger partial charge is 0.263 e. The number of ether oxygens (including phenoxy) is 1. The Bertz CT molecular complexity index is 662. The van der Waals surface area contributed by atoms with Gasteiger partial charge in [0.25, 0.3) is 5.91 Å². The van der Waals surface area contributed by atoms with Crippen LogP contribution in [0.5, 0.6) is 5.75 Å². The molecule has 5 nitrogen and oxygen atoms in total. The number of halogens is 1. The van der Waals surface area contributed by atoms with Crippen molar-refractivity contribution in [3.05, 3.63) is 52.9 Å². The maximum Gasteiger partial charge on any atom is 0.263 e. The Balaban J connectivity index is 2.02. The second-order valence-electron chi connectivity index (χ2n) is 4.96. The summed E-state index contributed by atoms with van der Waals surface area (Å²) in [7, 11) is 0. The summed E-state index contributed by atoms with van der Waals surface area (Å²) in [5.74, 6) is 1.11. The van der Waals surface area contributed by atoms with E-state index in [9.17, 15) is 4.79 Å². The number of amides is 1. The van der Waals surface area contributed by atoms with E-state index in [0.29, 0.717) is 24.6 Å². The number of benzene rings is 1. The summed E-state index contributed by atoms with van der Waals surface area (Å²) in [6.45, 7) is 2.36. The van der Waals surface area contributed by atoms with Gasteiger partial charge in [0.15, 0.2) is 6.10 Å². The number of carbonyl (C=O) groups excluding carboxylic acids is 1. The van der Waals surface area contributed by atoms with Gasteiger partial charge in [-0.05, 0) is 43.3 Å². The fourth-order valence-electron chi connectivity index (χ4n) is 2.07. The Morgan fingerprint density at radius 1 is 1.39 bits per heavy atom. The topological polar surface area (TPSA) is 66.5 Å². The van der Waals surface area contributed by atoms with Crippen LogP contribution in [0.3, 0.4) is 0 Å². The second-order valence-corrected chi connectivity index (χ2v) is 5.88. The van der Waals surface area contributed by atoms with E-state index in [1.807, 2.05) is 12.1 Å². The lowest BCUT2D eigenvalue weighted by atomic mass is 10.2. The molecule has 1 heterocycles. The van der Waals surface area contributed by atoms with E-state index in [4.69, 9.17) is 14.4 Å². The molecular weight excluding hydrogens is 360 g/mol. The van der Waals surface area contributed by atoms with Gasteiger partial charge in [-0.15, -0.1) is 0 Å². The van der Waals surface area contributed by atoms with Gasteiger partial charge in [-0.25, -0.2) is 0 Å². The Labute approximate surface area is 143 Å². The number of nitriles is 1. The van der Waals surface area contributed by atoms with Crippen molar-refractivity contribution in [3.63, 3.8) is 0 Å². The molecule has 0 aliphatic heterocycles. The van der Waals surface area contributed by atoms with E-state index < -0.39 is 6.10 Å². The molecule has 23 heavy (non-hydrogen) atoms. The molecule has 0 saturated carbocycles. The molecular formula is C17H17BrN2O3. The van der Waals surface area contributed by atoms with E-state index in [2.05, 4.69) is 22.0 Å². The summed E-state index contributed by atoms with van der Waals surface area (Å²) in [5.41, 5.74) is 0. The first-order valence-electron chi connectivity index (χ1n) is 7.20. The van der Waals surface area contributed by atoms with E-state index in [0.717, 1.165) is 4.47 Å². The zero-order valence-electron chi connectivity index (χ0n) is 12.7. The van der Waals surface area contributed by atoms with Crippen molar-refractivity contribution in [2.24, 2.45) is 0 Å². The first kappa shape index (κ1) is 17.1. The van der Waals surface area contributed by atoms with E-state index in [1.54, 1.807) is 42.4 Å². The first-order valence-corrected chi connectivity index (χ1v) is 8.00. The van der Waals surface area contributed by atoms with Crippen LogP contribution >= 0.6 is 15.9 Å². The van der Waals surface area contributed by atoms with Gasteiger partial charge in [0.2, 0.25) is 0 Å². The maximum absolute atomic E-state index is 12.6. The van der Waals surface area contributed by atoms with Crippen LogP contribution < -0.4 is 4.74 Å². The molecule has 1 aromatic heterocycles. The summed E-state index contributed by atoms with van der Waals surface area (Å²) in [6.07, 6.45) is 1.17. The molecule has 0 aliphatic rings. The summed E-state index contributed by atoms with van der Waals surface area (Å²) in [6, 6.07) is 12.9. The molecule has 2 aromatic rings. The van der Waals surface area contributed by atoms with Crippen molar-refractivity contribution in [1.82, 2.24) is 4.90 Å². The lowest BCUT2D eigenvalue weighted by molar-refractivity contribution is -0.138. The van der Waals surface area contributed by atoms with Gasteiger partial charge in [-0.2, -0.15) is 5.26 Å². The number of carbonyl (C=O) groups is 1. The minimum absolute atomic E-state index is 0.181. The van der Waals surface area contributed by atoms with E-state index in [-0.39, 0.29) is 12.3 Å². The molecule has 0 spiro atoms. The largest absolute Gasteiger partial charge is 0.481 e. The van der Waals surface area contributed by atoms with Crippen LogP contribution in [0.2, 0.25) is 0 Å². The molecule has 0 aliphatic carbocycles. The molecule has 1 atom stereocenters. The number of nitrogens with zero attached hydrogens (tertiary/aromatic N) is 2. The van der Waals surface area contributed by atoms with Crippen molar-refractivity contribution in [2.75, 3.05) is 6.54 Å². The van der Waals surface area contributed by atoms with Crippen molar-refractivity contribution < 1.29 is 13.9 Å². The molecule has 6 heteroatoms. The van der Waals surface area contributed by atoms with Gasteiger partial charge in [-0.3, -0.25) is 4.79 Å². The Kier molecular flexibility index (Phi) is 6.24. The minimum atomic E-state index is -0.648. The first-order chi connectivity index (χ1) is 11.1. The van der Waals surface area contributed by atoms with Gasteiger partial charge in [0.05, 0.1) is 25.3 Å². The van der Waals surface area contributed by atoms with Crippen LogP contribution in [0.1, 0.15) is 19.1 Å². The number of hydrogen-bond acceptors (Lipinski definition) is 4. The normalized spacial score (nSPS) is 11.5. The number of furan rings is 1. The highest BCUT2D eigenvalue weighted by atomic mass is 79.9. The SMILES string of the molecule is CC(Oc1ccc(Br)cc1)C(=O)N(CCC#N)Cc1ccco1. The summed E-state index contributed by atoms with van der Waals surface area (Å²) >= 11 is 3.35. The molecule has 0 N–H and O–H groups in total. The Hall–Kier alpha value is -2.26. The highest BCUT2D eigenvalue weighted by Crippen LogP contribution is 2.18. The average Bonchev–Trinajstić information content (AvgIpc) is 3.06. The molecule has 120 valence electrons. The third-order valence-corrected chi connectivity index (χ3v) is 3.73.